The molecule has 47 heavy (non-hydrogen) atoms. The lowest BCUT2D eigenvalue weighted by Crippen LogP contribution is -2.30. The van der Waals surface area contributed by atoms with E-state index in [9.17, 15) is 24.5 Å². The molecular weight excluding hydrogens is 612 g/mol. The van der Waals surface area contributed by atoms with Crippen molar-refractivity contribution in [3.8, 4) is 11.1 Å². The molecule has 5 aromatic rings. The zero-order valence-corrected chi connectivity index (χ0v) is 26.1. The lowest BCUT2D eigenvalue weighted by atomic mass is 10.0. The molecule has 0 saturated heterocycles. The smallest absolute Gasteiger partial charge is 0.272 e. The minimum absolute atomic E-state index is 0.0675. The third-order valence-corrected chi connectivity index (χ3v) is 8.06. The molecule has 234 valence electrons. The highest BCUT2D eigenvalue weighted by Crippen LogP contribution is 2.25. The number of aryl methyl sites for hydroxylation is 1. The molecule has 0 radical (unpaired) electrons. The predicted octanol–water partition coefficient (Wildman–Crippen LogP) is 7.71. The van der Waals surface area contributed by atoms with Gasteiger partial charge in [-0.05, 0) is 71.7 Å². The first-order valence-corrected chi connectivity index (χ1v) is 15.6. The first kappa shape index (κ1) is 32.4. The molecule has 5 rings (SSSR count). The van der Waals surface area contributed by atoms with E-state index in [2.05, 4.69) is 16.0 Å². The maximum atomic E-state index is 13.4. The fourth-order valence-electron chi connectivity index (χ4n) is 4.54. The first-order valence-electron chi connectivity index (χ1n) is 14.6. The molecule has 9 nitrogen and oxygen atoms in total. The van der Waals surface area contributed by atoms with E-state index < -0.39 is 16.7 Å². The van der Waals surface area contributed by atoms with Crippen LogP contribution in [-0.2, 0) is 9.59 Å². The Morgan fingerprint density at radius 3 is 2.06 bits per heavy atom. The highest BCUT2D eigenvalue weighted by atomic mass is 32.2. The van der Waals surface area contributed by atoms with Gasteiger partial charge >= 0.3 is 0 Å². The van der Waals surface area contributed by atoms with Crippen molar-refractivity contribution in [2.24, 2.45) is 0 Å². The predicted molar refractivity (Wildman–Crippen MR) is 186 cm³/mol. The Labute approximate surface area is 275 Å². The number of carbonyl (C=O) groups is 3. The van der Waals surface area contributed by atoms with Crippen molar-refractivity contribution in [1.29, 1.82) is 0 Å². The van der Waals surface area contributed by atoms with Gasteiger partial charge in [-0.2, -0.15) is 0 Å². The second-order valence-electron chi connectivity index (χ2n) is 10.4. The van der Waals surface area contributed by atoms with Crippen LogP contribution < -0.4 is 16.0 Å². The van der Waals surface area contributed by atoms with Gasteiger partial charge in [-0.3, -0.25) is 24.5 Å². The summed E-state index contributed by atoms with van der Waals surface area (Å²) in [7, 11) is 0. The number of hydrogen-bond donors (Lipinski definition) is 3. The summed E-state index contributed by atoms with van der Waals surface area (Å²) in [6.07, 6.45) is 1.62. The van der Waals surface area contributed by atoms with Gasteiger partial charge in [0, 0.05) is 28.3 Å². The van der Waals surface area contributed by atoms with Crippen molar-refractivity contribution in [2.45, 2.75) is 11.8 Å². The number of nitro benzene ring substituents is 1. The van der Waals surface area contributed by atoms with E-state index in [0.717, 1.165) is 21.6 Å². The summed E-state index contributed by atoms with van der Waals surface area (Å²) in [5.74, 6) is -1.15. The van der Waals surface area contributed by atoms with Gasteiger partial charge < -0.3 is 16.0 Å². The largest absolute Gasteiger partial charge is 0.325 e. The number of rotatable bonds is 11. The highest BCUT2D eigenvalue weighted by Gasteiger charge is 2.16. The van der Waals surface area contributed by atoms with E-state index >= 15 is 0 Å². The minimum Gasteiger partial charge on any atom is -0.325 e. The molecule has 0 aliphatic heterocycles. The molecule has 0 spiro atoms. The summed E-state index contributed by atoms with van der Waals surface area (Å²) in [6, 6.07) is 37.5. The molecule has 3 amide bonds. The lowest BCUT2D eigenvalue weighted by molar-refractivity contribution is -0.384. The molecule has 0 saturated carbocycles. The Kier molecular flexibility index (Phi) is 10.6. The molecule has 0 aliphatic carbocycles. The Balaban J connectivity index is 1.25. The van der Waals surface area contributed by atoms with Crippen LogP contribution in [0.1, 0.15) is 21.5 Å². The molecule has 5 aromatic carbocycles. The number of anilines is 2. The van der Waals surface area contributed by atoms with Gasteiger partial charge in [0.05, 0.1) is 16.4 Å². The van der Waals surface area contributed by atoms with E-state index in [4.69, 9.17) is 0 Å². The van der Waals surface area contributed by atoms with Gasteiger partial charge in [0.25, 0.3) is 17.5 Å². The number of non-ortho nitro benzene ring substituents is 1. The van der Waals surface area contributed by atoms with Crippen LogP contribution >= 0.6 is 11.8 Å². The van der Waals surface area contributed by atoms with Crippen LogP contribution in [0.15, 0.2) is 138 Å². The van der Waals surface area contributed by atoms with E-state index in [0.29, 0.717) is 22.5 Å². The highest BCUT2D eigenvalue weighted by molar-refractivity contribution is 8.00. The Morgan fingerprint density at radius 2 is 1.40 bits per heavy atom. The van der Waals surface area contributed by atoms with Gasteiger partial charge in [0.1, 0.15) is 5.70 Å². The molecular formula is C37H30N4O5S. The van der Waals surface area contributed by atoms with Gasteiger partial charge in [0.15, 0.2) is 0 Å². The Morgan fingerprint density at radius 1 is 0.766 bits per heavy atom. The quantitative estimate of drug-likeness (QED) is 0.0586. The Hall–Kier alpha value is -6.00. The van der Waals surface area contributed by atoms with Crippen LogP contribution in [0.3, 0.4) is 0 Å². The van der Waals surface area contributed by atoms with Crippen molar-refractivity contribution in [3.05, 3.63) is 160 Å². The fourth-order valence-corrected chi connectivity index (χ4v) is 5.24. The van der Waals surface area contributed by atoms with Crippen molar-refractivity contribution >= 4 is 52.6 Å². The molecule has 3 N–H and O–H groups in total. The zero-order valence-electron chi connectivity index (χ0n) is 25.3. The van der Waals surface area contributed by atoms with E-state index in [1.54, 1.807) is 73.7 Å². The van der Waals surface area contributed by atoms with Gasteiger partial charge in [-0.15, -0.1) is 11.8 Å². The van der Waals surface area contributed by atoms with Gasteiger partial charge in [-0.25, -0.2) is 0 Å². The van der Waals surface area contributed by atoms with E-state index in [1.807, 2.05) is 54.6 Å². The number of amides is 3. The molecule has 0 aliphatic rings. The summed E-state index contributed by atoms with van der Waals surface area (Å²) in [5.41, 5.74) is 4.80. The van der Waals surface area contributed by atoms with E-state index in [1.165, 1.54) is 23.9 Å². The number of nitrogens with zero attached hydrogens (tertiary/aromatic N) is 1. The van der Waals surface area contributed by atoms with Crippen LogP contribution in [0.4, 0.5) is 17.1 Å². The third-order valence-electron chi connectivity index (χ3n) is 7.05. The van der Waals surface area contributed by atoms with Crippen LogP contribution in [-0.4, -0.2) is 28.4 Å². The molecule has 0 heterocycles. The first-order chi connectivity index (χ1) is 22.7. The van der Waals surface area contributed by atoms with Gasteiger partial charge in [0.2, 0.25) is 5.91 Å². The average Bonchev–Trinajstić information content (AvgIpc) is 3.09. The summed E-state index contributed by atoms with van der Waals surface area (Å²) in [6.45, 7) is 1.76. The van der Waals surface area contributed by atoms with Crippen LogP contribution in [0.5, 0.6) is 0 Å². The molecule has 0 atom stereocenters. The minimum atomic E-state index is -0.511. The maximum Gasteiger partial charge on any atom is 0.272 e. The molecule has 10 heteroatoms. The number of nitrogens with one attached hydrogen (secondary N) is 3. The number of benzene rings is 5. The van der Waals surface area contributed by atoms with Crippen LogP contribution in [0.2, 0.25) is 0 Å². The Bertz CT molecular complexity index is 1930. The van der Waals surface area contributed by atoms with Crippen LogP contribution in [0.25, 0.3) is 17.2 Å². The summed E-state index contributed by atoms with van der Waals surface area (Å²) in [4.78, 5) is 50.3. The number of thioether (sulfide) groups is 1. The summed E-state index contributed by atoms with van der Waals surface area (Å²) in [5, 5.41) is 19.4. The SMILES string of the molecule is Cc1ccc([N+](=O)[O-])cc1NC(=O)CSc1ccc(NC(=O)/C(=C/c2ccc(-c3ccccc3)cc2)NC(=O)c2ccccc2)cc1. The second kappa shape index (κ2) is 15.3. The van der Waals surface area contributed by atoms with Crippen molar-refractivity contribution in [1.82, 2.24) is 5.32 Å². The van der Waals surface area contributed by atoms with Gasteiger partial charge in [-0.1, -0.05) is 78.9 Å². The topological polar surface area (TPSA) is 130 Å². The van der Waals surface area contributed by atoms with Crippen LogP contribution in [0, 0.1) is 17.0 Å². The van der Waals surface area contributed by atoms with Crippen molar-refractivity contribution in [3.63, 3.8) is 0 Å². The molecule has 0 unspecified atom stereocenters. The maximum absolute atomic E-state index is 13.4. The summed E-state index contributed by atoms with van der Waals surface area (Å²) >= 11 is 1.28. The number of carbonyl (C=O) groups excluding carboxylic acids is 3. The molecule has 0 fully saturated rings. The fraction of sp³-hybridized carbons (Fsp3) is 0.0541. The standard InChI is InChI=1S/C37H30N4O5S/c1-25-12-19-31(41(45)46)23-33(25)39-35(42)24-47-32-20-17-30(18-21-32)38-37(44)34(40-36(43)29-10-6-3-7-11-29)22-26-13-15-28(16-14-26)27-8-4-2-5-9-27/h2-23H,24H2,1H3,(H,38,44)(H,39,42)(H,40,43)/b34-22-. The average molecular weight is 643 g/mol. The summed E-state index contributed by atoms with van der Waals surface area (Å²) < 4.78 is 0. The third kappa shape index (κ3) is 9.03. The lowest BCUT2D eigenvalue weighted by Gasteiger charge is -2.12. The zero-order chi connectivity index (χ0) is 33.2. The number of hydrogen-bond acceptors (Lipinski definition) is 6. The monoisotopic (exact) mass is 642 g/mol. The van der Waals surface area contributed by atoms with E-state index in [-0.39, 0.29) is 23.0 Å². The molecule has 0 bridgehead atoms. The second-order valence-corrected chi connectivity index (χ2v) is 11.5. The number of nitro groups is 1. The van der Waals surface area contributed by atoms with Crippen molar-refractivity contribution in [2.75, 3.05) is 16.4 Å². The normalized spacial score (nSPS) is 11.0. The van der Waals surface area contributed by atoms with Crippen molar-refractivity contribution < 1.29 is 19.3 Å². The molecule has 0 aromatic heterocycles.